The fourth-order valence-corrected chi connectivity index (χ4v) is 2.29. The number of carbonyl (C=O) groups excluding carboxylic acids is 1. The van der Waals surface area contributed by atoms with Crippen molar-refractivity contribution in [3.05, 3.63) is 57.1 Å². The Morgan fingerprint density at radius 3 is 2.30 bits per heavy atom. The molecule has 104 valence electrons. The molecule has 3 nitrogen and oxygen atoms in total. The Hall–Kier alpha value is -1.81. The minimum absolute atomic E-state index is 0.0237. The van der Waals surface area contributed by atoms with E-state index in [9.17, 15) is 9.90 Å². The average molecular weight is 334 g/mol. The fourth-order valence-electron chi connectivity index (χ4n) is 2.06. The van der Waals surface area contributed by atoms with Gasteiger partial charge in [-0.25, -0.2) is 0 Å². The van der Waals surface area contributed by atoms with Gasteiger partial charge in [0.05, 0.1) is 5.56 Å². The van der Waals surface area contributed by atoms with Gasteiger partial charge in [-0.1, -0.05) is 28.1 Å². The number of carbonyl (C=O) groups is 1. The average Bonchev–Trinajstić information content (AvgIpc) is 2.39. The highest BCUT2D eigenvalue weighted by Gasteiger charge is 2.13. The molecule has 0 aliphatic carbocycles. The van der Waals surface area contributed by atoms with Gasteiger partial charge in [-0.3, -0.25) is 4.79 Å². The zero-order valence-corrected chi connectivity index (χ0v) is 13.2. The first-order chi connectivity index (χ1) is 9.40. The van der Waals surface area contributed by atoms with Gasteiger partial charge in [0, 0.05) is 10.2 Å². The molecule has 0 aliphatic rings. The Kier molecular flexibility index (Phi) is 4.14. The van der Waals surface area contributed by atoms with Crippen LogP contribution in [0.15, 0.2) is 34.8 Å². The van der Waals surface area contributed by atoms with Gasteiger partial charge in [-0.2, -0.15) is 0 Å². The van der Waals surface area contributed by atoms with E-state index >= 15 is 0 Å². The molecule has 0 unspecified atom stereocenters. The van der Waals surface area contributed by atoms with E-state index in [-0.39, 0.29) is 17.2 Å². The van der Waals surface area contributed by atoms with Gasteiger partial charge in [-0.05, 0) is 55.7 Å². The van der Waals surface area contributed by atoms with Crippen LogP contribution in [0.3, 0.4) is 0 Å². The molecule has 1 amide bonds. The summed E-state index contributed by atoms with van der Waals surface area (Å²) in [7, 11) is 0. The third kappa shape index (κ3) is 2.85. The second-order valence-electron chi connectivity index (χ2n) is 4.85. The van der Waals surface area contributed by atoms with Gasteiger partial charge in [0.1, 0.15) is 5.75 Å². The van der Waals surface area contributed by atoms with Crippen molar-refractivity contribution in [1.82, 2.24) is 0 Å². The van der Waals surface area contributed by atoms with Gasteiger partial charge in [0.2, 0.25) is 0 Å². The first kappa shape index (κ1) is 14.6. The molecule has 2 aromatic carbocycles. The Bertz CT molecular complexity index is 657. The summed E-state index contributed by atoms with van der Waals surface area (Å²) in [6, 6.07) is 8.90. The largest absolute Gasteiger partial charge is 0.507 e. The predicted molar refractivity (Wildman–Crippen MR) is 84.4 cm³/mol. The van der Waals surface area contributed by atoms with Gasteiger partial charge in [-0.15, -0.1) is 0 Å². The normalized spacial score (nSPS) is 10.4. The van der Waals surface area contributed by atoms with E-state index in [2.05, 4.69) is 21.2 Å². The van der Waals surface area contributed by atoms with Gasteiger partial charge in [0.15, 0.2) is 0 Å². The van der Waals surface area contributed by atoms with Crippen molar-refractivity contribution in [3.8, 4) is 5.75 Å². The Balaban J connectivity index is 2.30. The fraction of sp³-hybridized carbons (Fsp3) is 0.188. The molecule has 20 heavy (non-hydrogen) atoms. The first-order valence-electron chi connectivity index (χ1n) is 6.27. The zero-order valence-electron chi connectivity index (χ0n) is 11.6. The molecule has 0 aromatic heterocycles. The lowest BCUT2D eigenvalue weighted by Gasteiger charge is -2.11. The van der Waals surface area contributed by atoms with E-state index in [1.54, 1.807) is 25.1 Å². The van der Waals surface area contributed by atoms with Gasteiger partial charge >= 0.3 is 0 Å². The van der Waals surface area contributed by atoms with Crippen LogP contribution in [0.5, 0.6) is 5.75 Å². The SMILES string of the molecule is Cc1cccc(C(=O)Nc2cc(C)c(Br)c(C)c2)c1O. The maximum atomic E-state index is 12.2. The summed E-state index contributed by atoms with van der Waals surface area (Å²) >= 11 is 3.49. The third-order valence-electron chi connectivity index (χ3n) is 3.18. The number of amides is 1. The lowest BCUT2D eigenvalue weighted by molar-refractivity contribution is 0.102. The van der Waals surface area contributed by atoms with E-state index in [0.717, 1.165) is 15.6 Å². The van der Waals surface area contributed by atoms with Gasteiger partial charge in [0.25, 0.3) is 5.91 Å². The molecular weight excluding hydrogens is 318 g/mol. The van der Waals surface area contributed by atoms with Crippen LogP contribution in [0.1, 0.15) is 27.0 Å². The Morgan fingerprint density at radius 2 is 1.70 bits per heavy atom. The van der Waals surface area contributed by atoms with Crippen molar-refractivity contribution in [2.45, 2.75) is 20.8 Å². The summed E-state index contributed by atoms with van der Waals surface area (Å²) in [5, 5.41) is 12.7. The van der Waals surface area contributed by atoms with E-state index in [0.29, 0.717) is 11.3 Å². The highest BCUT2D eigenvalue weighted by Crippen LogP contribution is 2.26. The van der Waals surface area contributed by atoms with E-state index < -0.39 is 0 Å². The summed E-state index contributed by atoms with van der Waals surface area (Å²) < 4.78 is 1.04. The lowest BCUT2D eigenvalue weighted by atomic mass is 10.1. The number of aromatic hydroxyl groups is 1. The van der Waals surface area contributed by atoms with E-state index in [4.69, 9.17) is 0 Å². The van der Waals surface area contributed by atoms with E-state index in [1.807, 2.05) is 26.0 Å². The predicted octanol–water partition coefficient (Wildman–Crippen LogP) is 4.33. The smallest absolute Gasteiger partial charge is 0.259 e. The molecule has 0 atom stereocenters. The highest BCUT2D eigenvalue weighted by molar-refractivity contribution is 9.10. The summed E-state index contributed by atoms with van der Waals surface area (Å²) in [5.74, 6) is -0.289. The number of nitrogens with one attached hydrogen (secondary N) is 1. The minimum Gasteiger partial charge on any atom is -0.507 e. The maximum absolute atomic E-state index is 12.2. The standard InChI is InChI=1S/C16H16BrNO2/c1-9-5-4-6-13(15(9)19)16(20)18-12-7-10(2)14(17)11(3)8-12/h4-8,19H,1-3H3,(H,18,20). The zero-order chi connectivity index (χ0) is 14.9. The second-order valence-corrected chi connectivity index (χ2v) is 5.64. The van der Waals surface area contributed by atoms with Crippen molar-refractivity contribution in [3.63, 3.8) is 0 Å². The molecule has 0 aliphatic heterocycles. The van der Waals surface area contributed by atoms with Crippen LogP contribution in [0.4, 0.5) is 5.69 Å². The monoisotopic (exact) mass is 333 g/mol. The van der Waals surface area contributed by atoms with Crippen LogP contribution in [0.2, 0.25) is 0 Å². The molecule has 0 fully saturated rings. The molecule has 0 saturated carbocycles. The number of hydrogen-bond donors (Lipinski definition) is 2. The van der Waals surface area contributed by atoms with Crippen LogP contribution >= 0.6 is 15.9 Å². The number of hydrogen-bond acceptors (Lipinski definition) is 2. The van der Waals surface area contributed by atoms with Crippen molar-refractivity contribution < 1.29 is 9.90 Å². The molecule has 2 aromatic rings. The number of phenols is 1. The van der Waals surface area contributed by atoms with Crippen LogP contribution in [0.25, 0.3) is 0 Å². The van der Waals surface area contributed by atoms with Crippen LogP contribution in [-0.2, 0) is 0 Å². The summed E-state index contributed by atoms with van der Waals surface area (Å²) in [6.45, 7) is 5.70. The highest BCUT2D eigenvalue weighted by atomic mass is 79.9. The number of halogens is 1. The topological polar surface area (TPSA) is 49.3 Å². The molecule has 0 spiro atoms. The van der Waals surface area contributed by atoms with Crippen LogP contribution in [0, 0.1) is 20.8 Å². The van der Waals surface area contributed by atoms with Gasteiger partial charge < -0.3 is 10.4 Å². The molecule has 0 radical (unpaired) electrons. The second kappa shape index (κ2) is 5.67. The Morgan fingerprint density at radius 1 is 1.10 bits per heavy atom. The van der Waals surface area contributed by atoms with Crippen molar-refractivity contribution in [1.29, 1.82) is 0 Å². The number of aryl methyl sites for hydroxylation is 3. The quantitative estimate of drug-likeness (QED) is 0.859. The molecule has 4 heteroatoms. The summed E-state index contributed by atoms with van der Waals surface area (Å²) in [5.41, 5.74) is 3.78. The lowest BCUT2D eigenvalue weighted by Crippen LogP contribution is -2.12. The van der Waals surface area contributed by atoms with Crippen LogP contribution < -0.4 is 5.32 Å². The minimum atomic E-state index is -0.313. The molecule has 0 heterocycles. The molecule has 2 rings (SSSR count). The maximum Gasteiger partial charge on any atom is 0.259 e. The Labute approximate surface area is 126 Å². The number of anilines is 1. The number of benzene rings is 2. The number of para-hydroxylation sites is 1. The van der Waals surface area contributed by atoms with E-state index in [1.165, 1.54) is 0 Å². The first-order valence-corrected chi connectivity index (χ1v) is 7.06. The number of phenolic OH excluding ortho intramolecular Hbond substituents is 1. The number of rotatable bonds is 2. The van der Waals surface area contributed by atoms with Crippen molar-refractivity contribution >= 4 is 27.5 Å². The molecule has 2 N–H and O–H groups in total. The molecule has 0 bridgehead atoms. The third-order valence-corrected chi connectivity index (χ3v) is 4.43. The molecule has 0 saturated heterocycles. The van der Waals surface area contributed by atoms with Crippen molar-refractivity contribution in [2.75, 3.05) is 5.32 Å². The summed E-state index contributed by atoms with van der Waals surface area (Å²) in [6.07, 6.45) is 0. The summed E-state index contributed by atoms with van der Waals surface area (Å²) in [4.78, 5) is 12.2. The van der Waals surface area contributed by atoms with Crippen molar-refractivity contribution in [2.24, 2.45) is 0 Å². The molecular formula is C16H16BrNO2. The van der Waals surface area contributed by atoms with Crippen LogP contribution in [-0.4, -0.2) is 11.0 Å².